The van der Waals surface area contributed by atoms with Crippen LogP contribution in [0.2, 0.25) is 0 Å². The lowest BCUT2D eigenvalue weighted by Crippen LogP contribution is -2.46. The van der Waals surface area contributed by atoms with Crippen LogP contribution in [0.1, 0.15) is 41.0 Å². The van der Waals surface area contributed by atoms with Crippen LogP contribution >= 0.6 is 45.2 Å². The van der Waals surface area contributed by atoms with Crippen molar-refractivity contribution in [1.82, 2.24) is 9.80 Å². The number of rotatable bonds is 6. The molecule has 0 aliphatic heterocycles. The Morgan fingerprint density at radius 2 is 1.50 bits per heavy atom. The number of hydrogen-bond acceptors (Lipinski definition) is 2. The van der Waals surface area contributed by atoms with Gasteiger partial charge in [0, 0.05) is 12.6 Å². The highest BCUT2D eigenvalue weighted by atomic mass is 127. The first-order valence-electron chi connectivity index (χ1n) is 5.80. The molecular weight excluding hydrogens is 426 g/mol. The molecule has 0 radical (unpaired) electrons. The Kier molecular flexibility index (Phi) is 7.08. The van der Waals surface area contributed by atoms with Crippen LogP contribution in [0.4, 0.5) is 0 Å². The maximum atomic E-state index is 2.58. The zero-order chi connectivity index (χ0) is 13.1. The molecule has 0 fully saturated rings. The van der Waals surface area contributed by atoms with Crippen molar-refractivity contribution >= 4 is 45.2 Å². The van der Waals surface area contributed by atoms with E-state index in [4.69, 9.17) is 0 Å². The van der Waals surface area contributed by atoms with Gasteiger partial charge in [-0.1, -0.05) is 45.2 Å². The fourth-order valence-corrected chi connectivity index (χ4v) is 2.39. The Labute approximate surface area is 129 Å². The molecule has 0 aliphatic carbocycles. The normalized spacial score (nSPS) is 17.2. The van der Waals surface area contributed by atoms with E-state index in [1.165, 1.54) is 6.42 Å². The van der Waals surface area contributed by atoms with E-state index >= 15 is 0 Å². The van der Waals surface area contributed by atoms with Gasteiger partial charge in [0.25, 0.3) is 0 Å². The maximum absolute atomic E-state index is 2.58. The summed E-state index contributed by atoms with van der Waals surface area (Å²) in [6, 6.07) is 0.597. The van der Waals surface area contributed by atoms with Crippen molar-refractivity contribution < 1.29 is 0 Å². The molecule has 1 atom stereocenters. The average Bonchev–Trinajstić information content (AvgIpc) is 2.11. The summed E-state index contributed by atoms with van der Waals surface area (Å²) in [5.41, 5.74) is 0. The second-order valence-electron chi connectivity index (χ2n) is 5.43. The molecule has 0 saturated heterocycles. The van der Waals surface area contributed by atoms with Crippen molar-refractivity contribution in [3.8, 4) is 0 Å². The first-order chi connectivity index (χ1) is 6.98. The van der Waals surface area contributed by atoms with Gasteiger partial charge in [0.15, 0.2) is 0 Å². The summed E-state index contributed by atoms with van der Waals surface area (Å²) in [5, 5.41) is 0. The van der Waals surface area contributed by atoms with Crippen LogP contribution in [-0.2, 0) is 0 Å². The highest BCUT2D eigenvalue weighted by Gasteiger charge is 2.29. The van der Waals surface area contributed by atoms with Gasteiger partial charge in [-0.2, -0.15) is 0 Å². The number of hydrogen-bond donors (Lipinski definition) is 0. The molecule has 2 nitrogen and oxygen atoms in total. The zero-order valence-electron chi connectivity index (χ0n) is 11.6. The van der Waals surface area contributed by atoms with E-state index in [2.05, 4.69) is 104 Å². The largest absolute Gasteiger partial charge is 0.293 e. The van der Waals surface area contributed by atoms with Crippen LogP contribution in [0, 0.1) is 0 Å². The molecule has 0 saturated carbocycles. The standard InChI is InChI=1S/C12H26I2N2/c1-10(2)16(7)12(5,14)8-9-15(6)11(3,4)13/h10H,8-9H2,1-7H3. The average molecular weight is 452 g/mol. The minimum atomic E-state index is 0.237. The Balaban J connectivity index is 4.29. The molecule has 4 heteroatoms. The van der Waals surface area contributed by atoms with Gasteiger partial charge in [-0.25, -0.2) is 0 Å². The summed E-state index contributed by atoms with van der Waals surface area (Å²) in [6.07, 6.45) is 1.19. The van der Waals surface area contributed by atoms with E-state index in [1.807, 2.05) is 0 Å². The van der Waals surface area contributed by atoms with Crippen LogP contribution in [0.5, 0.6) is 0 Å². The van der Waals surface area contributed by atoms with Crippen LogP contribution in [0.3, 0.4) is 0 Å². The number of nitrogens with zero attached hydrogens (tertiary/aromatic N) is 2. The van der Waals surface area contributed by atoms with Gasteiger partial charge < -0.3 is 0 Å². The van der Waals surface area contributed by atoms with Crippen LogP contribution in [0.15, 0.2) is 0 Å². The highest BCUT2D eigenvalue weighted by Crippen LogP contribution is 2.30. The molecule has 0 heterocycles. The number of alkyl halides is 2. The van der Waals surface area contributed by atoms with Crippen molar-refractivity contribution in [3.05, 3.63) is 0 Å². The second kappa shape index (κ2) is 6.52. The second-order valence-corrected chi connectivity index (χ2v) is 10.4. The Morgan fingerprint density at radius 3 is 1.81 bits per heavy atom. The fourth-order valence-electron chi connectivity index (χ4n) is 1.35. The summed E-state index contributed by atoms with van der Waals surface area (Å²) >= 11 is 5.07. The summed E-state index contributed by atoms with van der Waals surface area (Å²) in [4.78, 5) is 4.86. The van der Waals surface area contributed by atoms with Gasteiger partial charge in [0.1, 0.15) is 0 Å². The third-order valence-corrected chi connectivity index (χ3v) is 5.45. The molecule has 0 aromatic heterocycles. The molecule has 0 aromatic rings. The van der Waals surface area contributed by atoms with Gasteiger partial charge >= 0.3 is 0 Å². The van der Waals surface area contributed by atoms with Gasteiger partial charge in [0.05, 0.1) is 7.09 Å². The molecule has 0 spiro atoms. The lowest BCUT2D eigenvalue weighted by Gasteiger charge is -2.39. The summed E-state index contributed by atoms with van der Waals surface area (Å²) in [6.45, 7) is 12.5. The summed E-state index contributed by atoms with van der Waals surface area (Å²) in [7, 11) is 4.42. The number of halogens is 2. The van der Waals surface area contributed by atoms with Crippen molar-refractivity contribution in [3.63, 3.8) is 0 Å². The molecule has 0 amide bonds. The van der Waals surface area contributed by atoms with Crippen LogP contribution < -0.4 is 0 Å². The third-order valence-electron chi connectivity index (χ3n) is 3.32. The predicted molar refractivity (Wildman–Crippen MR) is 90.7 cm³/mol. The lowest BCUT2D eigenvalue weighted by molar-refractivity contribution is 0.158. The molecule has 0 aliphatic rings. The predicted octanol–water partition coefficient (Wildman–Crippen LogP) is 3.97. The molecule has 98 valence electrons. The topological polar surface area (TPSA) is 6.48 Å². The first-order valence-corrected chi connectivity index (χ1v) is 7.96. The van der Waals surface area contributed by atoms with Gasteiger partial charge in [-0.05, 0) is 55.1 Å². The van der Waals surface area contributed by atoms with E-state index in [1.54, 1.807) is 0 Å². The molecular formula is C12H26I2N2. The zero-order valence-corrected chi connectivity index (χ0v) is 16.0. The van der Waals surface area contributed by atoms with E-state index in [0.29, 0.717) is 6.04 Å². The van der Waals surface area contributed by atoms with Crippen molar-refractivity contribution in [1.29, 1.82) is 0 Å². The minimum absolute atomic E-state index is 0.237. The van der Waals surface area contributed by atoms with Gasteiger partial charge in [0.2, 0.25) is 0 Å². The SMILES string of the molecule is CC(C)N(C)C(C)(I)CCN(C)C(C)(C)I. The lowest BCUT2D eigenvalue weighted by atomic mass is 10.1. The van der Waals surface area contributed by atoms with Crippen molar-refractivity contribution in [2.24, 2.45) is 0 Å². The highest BCUT2D eigenvalue weighted by molar-refractivity contribution is 14.1. The molecule has 0 rings (SSSR count). The van der Waals surface area contributed by atoms with E-state index in [-0.39, 0.29) is 7.09 Å². The Hall–Kier alpha value is 1.38. The third kappa shape index (κ3) is 5.82. The maximum Gasteiger partial charge on any atom is 0.0713 e. The Bertz CT molecular complexity index is 210. The van der Waals surface area contributed by atoms with Gasteiger partial charge in [-0.15, -0.1) is 0 Å². The van der Waals surface area contributed by atoms with Crippen molar-refractivity contribution in [2.75, 3.05) is 20.6 Å². The molecule has 16 heavy (non-hydrogen) atoms. The molecule has 0 aromatic carbocycles. The van der Waals surface area contributed by atoms with E-state index in [0.717, 1.165) is 6.54 Å². The van der Waals surface area contributed by atoms with E-state index < -0.39 is 0 Å². The van der Waals surface area contributed by atoms with E-state index in [9.17, 15) is 0 Å². The smallest absolute Gasteiger partial charge is 0.0713 e. The molecule has 0 N–H and O–H groups in total. The summed E-state index contributed by atoms with van der Waals surface area (Å²) < 4.78 is 0.475. The Morgan fingerprint density at radius 1 is 1.06 bits per heavy atom. The quantitative estimate of drug-likeness (QED) is 0.342. The summed E-state index contributed by atoms with van der Waals surface area (Å²) in [5.74, 6) is 0. The molecule has 0 bridgehead atoms. The fraction of sp³-hybridized carbons (Fsp3) is 1.00. The van der Waals surface area contributed by atoms with Crippen LogP contribution in [0.25, 0.3) is 0 Å². The monoisotopic (exact) mass is 452 g/mol. The minimum Gasteiger partial charge on any atom is -0.293 e. The molecule has 1 unspecified atom stereocenters. The van der Waals surface area contributed by atoms with Gasteiger partial charge in [-0.3, -0.25) is 9.80 Å². The van der Waals surface area contributed by atoms with Crippen LogP contribution in [-0.4, -0.2) is 43.6 Å². The first kappa shape index (κ1) is 17.4. The van der Waals surface area contributed by atoms with Crippen molar-refractivity contribution in [2.45, 2.75) is 54.2 Å².